The molecule has 0 saturated carbocycles. The van der Waals surface area contributed by atoms with E-state index in [2.05, 4.69) is 17.4 Å². The molecule has 1 aliphatic heterocycles. The molecule has 2 heterocycles. The Hall–Kier alpha value is -4.13. The third-order valence-electron chi connectivity index (χ3n) is 6.31. The fourth-order valence-corrected chi connectivity index (χ4v) is 4.58. The number of anilines is 2. The third-order valence-corrected chi connectivity index (χ3v) is 6.31. The lowest BCUT2D eigenvalue weighted by atomic mass is 10.0. The molecule has 0 saturated heterocycles. The van der Waals surface area contributed by atoms with Crippen LogP contribution in [0.25, 0.3) is 11.0 Å². The van der Waals surface area contributed by atoms with E-state index in [1.807, 2.05) is 17.0 Å². The summed E-state index contributed by atoms with van der Waals surface area (Å²) in [6, 6.07) is 16.5. The minimum Gasteiger partial charge on any atom is -0.478 e. The summed E-state index contributed by atoms with van der Waals surface area (Å²) in [6.07, 6.45) is 0. The molecule has 0 bridgehead atoms. The summed E-state index contributed by atoms with van der Waals surface area (Å²) in [5.74, 6) is -1.17. The van der Waals surface area contributed by atoms with E-state index in [1.54, 1.807) is 32.0 Å². The van der Waals surface area contributed by atoms with Gasteiger partial charge in [0.15, 0.2) is 5.43 Å². The van der Waals surface area contributed by atoms with Gasteiger partial charge in [-0.3, -0.25) is 4.79 Å². The van der Waals surface area contributed by atoms with Crippen molar-refractivity contribution in [1.29, 1.82) is 0 Å². The van der Waals surface area contributed by atoms with Crippen LogP contribution in [-0.2, 0) is 13.1 Å². The quantitative estimate of drug-likeness (QED) is 0.403. The minimum absolute atomic E-state index is 0.0999. The van der Waals surface area contributed by atoms with Crippen molar-refractivity contribution in [2.24, 2.45) is 0 Å². The average molecular weight is 458 g/mol. The van der Waals surface area contributed by atoms with Crippen molar-refractivity contribution in [3.63, 3.8) is 0 Å². The van der Waals surface area contributed by atoms with Gasteiger partial charge in [-0.1, -0.05) is 36.4 Å². The number of nitrogens with one attached hydrogen (secondary N) is 1. The van der Waals surface area contributed by atoms with E-state index < -0.39 is 17.8 Å². The van der Waals surface area contributed by atoms with Crippen molar-refractivity contribution in [3.8, 4) is 0 Å². The van der Waals surface area contributed by atoms with Gasteiger partial charge < -0.3 is 19.7 Å². The van der Waals surface area contributed by atoms with Gasteiger partial charge >= 0.3 is 5.97 Å². The van der Waals surface area contributed by atoms with E-state index in [0.717, 1.165) is 0 Å². The number of hydrogen-bond donors (Lipinski definition) is 2. The van der Waals surface area contributed by atoms with Gasteiger partial charge in [0.05, 0.1) is 22.6 Å². The van der Waals surface area contributed by atoms with Gasteiger partial charge in [0.1, 0.15) is 11.4 Å². The van der Waals surface area contributed by atoms with Crippen LogP contribution in [0.5, 0.6) is 0 Å². The van der Waals surface area contributed by atoms with Crippen LogP contribution in [0.15, 0.2) is 69.9 Å². The smallest absolute Gasteiger partial charge is 0.337 e. The second-order valence-electron chi connectivity index (χ2n) is 8.57. The maximum atomic E-state index is 14.6. The fraction of sp³-hybridized carbons (Fsp3) is 0.185. The van der Waals surface area contributed by atoms with Gasteiger partial charge in [-0.2, -0.15) is 0 Å². The second kappa shape index (κ2) is 8.33. The Morgan fingerprint density at radius 3 is 2.41 bits per heavy atom. The van der Waals surface area contributed by atoms with E-state index in [1.165, 1.54) is 29.3 Å². The molecule has 3 aromatic carbocycles. The fourth-order valence-electron chi connectivity index (χ4n) is 4.58. The summed E-state index contributed by atoms with van der Waals surface area (Å²) in [7, 11) is 0. The highest BCUT2D eigenvalue weighted by molar-refractivity contribution is 5.94. The van der Waals surface area contributed by atoms with E-state index >= 15 is 0 Å². The first kappa shape index (κ1) is 21.7. The average Bonchev–Trinajstić information content (AvgIpc) is 3.25. The normalized spacial score (nSPS) is 13.7. The van der Waals surface area contributed by atoms with Crippen molar-refractivity contribution in [1.82, 2.24) is 0 Å². The van der Waals surface area contributed by atoms with Crippen LogP contribution in [0.4, 0.5) is 16.0 Å². The number of carbonyl (C=O) groups is 1. The van der Waals surface area contributed by atoms with Gasteiger partial charge in [-0.05, 0) is 49.2 Å². The van der Waals surface area contributed by atoms with E-state index in [9.17, 15) is 19.1 Å². The molecule has 7 heteroatoms. The van der Waals surface area contributed by atoms with Gasteiger partial charge in [0.25, 0.3) is 0 Å². The molecule has 6 nitrogen and oxygen atoms in total. The van der Waals surface area contributed by atoms with E-state index in [-0.39, 0.29) is 22.0 Å². The Morgan fingerprint density at radius 2 is 1.74 bits per heavy atom. The van der Waals surface area contributed by atoms with Crippen LogP contribution >= 0.6 is 0 Å². The molecule has 0 fully saturated rings. The zero-order valence-electron chi connectivity index (χ0n) is 18.8. The molecular weight excluding hydrogens is 435 g/mol. The van der Waals surface area contributed by atoms with Crippen molar-refractivity contribution >= 4 is 28.5 Å². The lowest BCUT2D eigenvalue weighted by molar-refractivity contribution is 0.0698. The Kier molecular flexibility index (Phi) is 5.32. The lowest BCUT2D eigenvalue weighted by Gasteiger charge is -2.22. The van der Waals surface area contributed by atoms with Crippen molar-refractivity contribution < 1.29 is 18.7 Å². The standard InChI is InChI=1S/C27H23FN2O4/c1-15-24(31)22-12-19(28)11-21(16(2)29-23-10-6-5-9-20(23)27(32)33)25(22)34-26(15)30-13-17-7-3-4-8-18(17)14-30/h3-12,16,29H,13-14H2,1-2H3,(H,32,33)/t16-/m0/s1. The number of carboxylic acid groups (broad SMARTS) is 1. The predicted molar refractivity (Wildman–Crippen MR) is 129 cm³/mol. The Labute approximate surface area is 195 Å². The molecule has 1 atom stereocenters. The summed E-state index contributed by atoms with van der Waals surface area (Å²) in [4.78, 5) is 26.9. The zero-order valence-corrected chi connectivity index (χ0v) is 18.8. The molecule has 0 radical (unpaired) electrons. The first-order valence-electron chi connectivity index (χ1n) is 11.0. The number of halogens is 1. The van der Waals surface area contributed by atoms with Crippen molar-refractivity contribution in [2.75, 3.05) is 10.2 Å². The number of benzene rings is 3. The monoisotopic (exact) mass is 458 g/mol. The Bertz CT molecular complexity index is 1470. The highest BCUT2D eigenvalue weighted by Gasteiger charge is 2.26. The number of fused-ring (bicyclic) bond motifs is 2. The molecular formula is C27H23FN2O4. The van der Waals surface area contributed by atoms with Crippen LogP contribution in [0.1, 0.15) is 45.6 Å². The number of para-hydroxylation sites is 1. The lowest BCUT2D eigenvalue weighted by Crippen LogP contribution is -2.20. The molecule has 0 spiro atoms. The maximum Gasteiger partial charge on any atom is 0.337 e. The molecule has 4 aromatic rings. The maximum absolute atomic E-state index is 14.6. The predicted octanol–water partition coefficient (Wildman–Crippen LogP) is 5.63. The minimum atomic E-state index is -1.07. The summed E-state index contributed by atoms with van der Waals surface area (Å²) < 4.78 is 20.9. The molecule has 0 unspecified atom stereocenters. The summed E-state index contributed by atoms with van der Waals surface area (Å²) in [5, 5.41) is 12.8. The number of carboxylic acids is 1. The van der Waals surface area contributed by atoms with Crippen LogP contribution < -0.4 is 15.6 Å². The molecule has 0 amide bonds. The molecule has 34 heavy (non-hydrogen) atoms. The molecule has 5 rings (SSSR count). The van der Waals surface area contributed by atoms with E-state index in [4.69, 9.17) is 4.42 Å². The molecule has 172 valence electrons. The van der Waals surface area contributed by atoms with Crippen LogP contribution in [0.3, 0.4) is 0 Å². The van der Waals surface area contributed by atoms with Gasteiger partial charge in [-0.25, -0.2) is 9.18 Å². The molecule has 1 aromatic heterocycles. The zero-order chi connectivity index (χ0) is 24.0. The van der Waals surface area contributed by atoms with Gasteiger partial charge in [0, 0.05) is 24.3 Å². The first-order chi connectivity index (χ1) is 16.3. The third kappa shape index (κ3) is 3.69. The van der Waals surface area contributed by atoms with Crippen molar-refractivity contribution in [2.45, 2.75) is 33.0 Å². The first-order valence-corrected chi connectivity index (χ1v) is 11.0. The highest BCUT2D eigenvalue weighted by Crippen LogP contribution is 2.35. The number of hydrogen-bond acceptors (Lipinski definition) is 5. The second-order valence-corrected chi connectivity index (χ2v) is 8.57. The number of rotatable bonds is 5. The summed E-state index contributed by atoms with van der Waals surface area (Å²) >= 11 is 0. The Morgan fingerprint density at radius 1 is 1.09 bits per heavy atom. The SMILES string of the molecule is Cc1c(N2Cc3ccccc3C2)oc2c([C@H](C)Nc3ccccc3C(=O)O)cc(F)cc2c1=O. The summed E-state index contributed by atoms with van der Waals surface area (Å²) in [5.41, 5.74) is 3.70. The highest BCUT2D eigenvalue weighted by atomic mass is 19.1. The number of aromatic carboxylic acids is 1. The van der Waals surface area contributed by atoms with Crippen LogP contribution in [0.2, 0.25) is 0 Å². The number of nitrogens with zero attached hydrogens (tertiary/aromatic N) is 1. The van der Waals surface area contributed by atoms with E-state index in [0.29, 0.717) is 35.8 Å². The summed E-state index contributed by atoms with van der Waals surface area (Å²) in [6.45, 7) is 4.70. The van der Waals surface area contributed by atoms with Crippen LogP contribution in [-0.4, -0.2) is 11.1 Å². The van der Waals surface area contributed by atoms with Crippen molar-refractivity contribution in [3.05, 3.63) is 105 Å². The topological polar surface area (TPSA) is 82.8 Å². The Balaban J connectivity index is 1.60. The molecule has 2 N–H and O–H groups in total. The van der Waals surface area contributed by atoms with Crippen LogP contribution in [0, 0.1) is 12.7 Å². The largest absolute Gasteiger partial charge is 0.478 e. The van der Waals surface area contributed by atoms with Gasteiger partial charge in [0.2, 0.25) is 5.88 Å². The van der Waals surface area contributed by atoms with Gasteiger partial charge in [-0.15, -0.1) is 0 Å². The molecule has 0 aliphatic carbocycles. The molecule has 1 aliphatic rings.